The summed E-state index contributed by atoms with van der Waals surface area (Å²) in [5.41, 5.74) is 4.50. The molecule has 9 heteroatoms. The van der Waals surface area contributed by atoms with E-state index in [1.807, 2.05) is 48.5 Å². The summed E-state index contributed by atoms with van der Waals surface area (Å²) >= 11 is 0. The molecule has 1 aliphatic carbocycles. The first-order valence-corrected chi connectivity index (χ1v) is 11.6. The van der Waals surface area contributed by atoms with Gasteiger partial charge in [0.05, 0.1) is 14.2 Å². The number of hydrogen-bond donors (Lipinski definition) is 2. The van der Waals surface area contributed by atoms with Crippen molar-refractivity contribution in [3.63, 3.8) is 0 Å². The van der Waals surface area contributed by atoms with Gasteiger partial charge in [-0.05, 0) is 46.5 Å². The predicted octanol–water partition coefficient (Wildman–Crippen LogP) is 3.07. The number of fused-ring (bicyclic) bond motifs is 3. The molecule has 37 heavy (non-hydrogen) atoms. The third kappa shape index (κ3) is 5.61. The number of methoxy groups -OCH3 is 2. The summed E-state index contributed by atoms with van der Waals surface area (Å²) in [7, 11) is 2.59. The lowest BCUT2D eigenvalue weighted by atomic mass is 9.98. The summed E-state index contributed by atoms with van der Waals surface area (Å²) in [5.74, 6) is -1.95. The van der Waals surface area contributed by atoms with Crippen LogP contribution in [-0.2, 0) is 19.1 Å². The Labute approximate surface area is 213 Å². The number of benzene rings is 3. The highest BCUT2D eigenvalue weighted by Crippen LogP contribution is 2.44. The number of rotatable bonds is 9. The molecule has 4 rings (SSSR count). The Kier molecular flexibility index (Phi) is 7.83. The van der Waals surface area contributed by atoms with Crippen molar-refractivity contribution >= 4 is 23.8 Å². The molecule has 0 radical (unpaired) electrons. The smallest absolute Gasteiger partial charge is 0.407 e. The van der Waals surface area contributed by atoms with Gasteiger partial charge in [0.1, 0.15) is 18.9 Å². The van der Waals surface area contributed by atoms with Crippen LogP contribution in [-0.4, -0.2) is 57.2 Å². The van der Waals surface area contributed by atoms with E-state index >= 15 is 0 Å². The Balaban J connectivity index is 1.33. The number of alkyl carbamates (subject to hydrolysis) is 1. The maximum absolute atomic E-state index is 12.8. The van der Waals surface area contributed by atoms with E-state index in [-0.39, 0.29) is 18.1 Å². The number of carbonyl (C=O) groups is 4. The largest absolute Gasteiger partial charge is 0.497 e. The molecule has 0 fully saturated rings. The molecule has 0 saturated heterocycles. The molecule has 3 aromatic carbocycles. The number of hydrogen-bond acceptors (Lipinski definition) is 7. The Hall–Kier alpha value is -4.66. The molecule has 3 aromatic rings. The molecule has 9 nitrogen and oxygen atoms in total. The number of amides is 2. The van der Waals surface area contributed by atoms with Gasteiger partial charge >= 0.3 is 12.1 Å². The summed E-state index contributed by atoms with van der Waals surface area (Å²) in [4.78, 5) is 49.8. The molecule has 2 N–H and O–H groups in total. The molecule has 0 bridgehead atoms. The zero-order valence-corrected chi connectivity index (χ0v) is 20.4. The highest BCUT2D eigenvalue weighted by molar-refractivity contribution is 6.13. The van der Waals surface area contributed by atoms with Crippen LogP contribution in [0.25, 0.3) is 11.1 Å². The van der Waals surface area contributed by atoms with Crippen LogP contribution in [0.1, 0.15) is 27.4 Å². The fraction of sp³-hybridized carbons (Fsp3) is 0.214. The van der Waals surface area contributed by atoms with Crippen molar-refractivity contribution in [2.45, 2.75) is 12.0 Å². The lowest BCUT2D eigenvalue weighted by Gasteiger charge is -2.17. The Morgan fingerprint density at radius 3 is 2.00 bits per heavy atom. The van der Waals surface area contributed by atoms with Crippen LogP contribution in [0, 0.1) is 0 Å². The number of carbonyl (C=O) groups excluding carboxylic acids is 4. The van der Waals surface area contributed by atoms with Crippen molar-refractivity contribution in [3.8, 4) is 16.9 Å². The van der Waals surface area contributed by atoms with E-state index in [1.54, 1.807) is 12.1 Å². The van der Waals surface area contributed by atoms with Crippen LogP contribution in [0.3, 0.4) is 0 Å². The number of ketones is 1. The van der Waals surface area contributed by atoms with Crippen molar-refractivity contribution < 1.29 is 33.4 Å². The first-order chi connectivity index (χ1) is 17.9. The quantitative estimate of drug-likeness (QED) is 0.262. The van der Waals surface area contributed by atoms with Gasteiger partial charge in [-0.15, -0.1) is 0 Å². The molecule has 0 spiro atoms. The van der Waals surface area contributed by atoms with E-state index in [4.69, 9.17) is 9.47 Å². The summed E-state index contributed by atoms with van der Waals surface area (Å²) in [6, 6.07) is 20.3. The van der Waals surface area contributed by atoms with Crippen LogP contribution in [0.4, 0.5) is 4.79 Å². The minimum Gasteiger partial charge on any atom is -0.497 e. The molecule has 0 aliphatic heterocycles. The zero-order chi connectivity index (χ0) is 26.4. The van der Waals surface area contributed by atoms with Crippen molar-refractivity contribution in [1.29, 1.82) is 0 Å². The second-order valence-corrected chi connectivity index (χ2v) is 8.30. The number of Topliss-reactive ketones (excluding diaryl/α,β-unsaturated/α-hetero) is 1. The average Bonchev–Trinajstić information content (AvgIpc) is 3.26. The van der Waals surface area contributed by atoms with Gasteiger partial charge in [-0.1, -0.05) is 48.5 Å². The third-order valence-corrected chi connectivity index (χ3v) is 6.12. The second-order valence-electron chi connectivity index (χ2n) is 8.30. The highest BCUT2D eigenvalue weighted by Gasteiger charge is 2.31. The van der Waals surface area contributed by atoms with Gasteiger partial charge < -0.3 is 24.8 Å². The van der Waals surface area contributed by atoms with E-state index in [0.717, 1.165) is 29.4 Å². The van der Waals surface area contributed by atoms with Gasteiger partial charge in [0.25, 0.3) is 0 Å². The van der Waals surface area contributed by atoms with Crippen LogP contribution < -0.4 is 15.4 Å². The number of nitrogens with one attached hydrogen (secondary N) is 2. The first-order valence-electron chi connectivity index (χ1n) is 11.6. The normalized spacial score (nSPS) is 12.5. The maximum atomic E-state index is 12.8. The molecule has 0 saturated carbocycles. The van der Waals surface area contributed by atoms with Gasteiger partial charge in [-0.3, -0.25) is 9.59 Å². The Morgan fingerprint density at radius 2 is 1.43 bits per heavy atom. The van der Waals surface area contributed by atoms with Gasteiger partial charge in [-0.2, -0.15) is 0 Å². The van der Waals surface area contributed by atoms with E-state index in [2.05, 4.69) is 15.4 Å². The standard InChI is InChI=1S/C28H26N2O7/c1-35-18-13-11-17(12-14-18)26(32)25(27(33)36-2)30-24(31)15-29-28(34)37-16-23-21-9-5-3-7-19(21)20-8-4-6-10-22(20)23/h3-14,23,25H,15-16H2,1-2H3,(H,29,34)(H,30,31). The van der Waals surface area contributed by atoms with Gasteiger partial charge in [-0.25, -0.2) is 9.59 Å². The van der Waals surface area contributed by atoms with Crippen molar-refractivity contribution in [3.05, 3.63) is 89.5 Å². The SMILES string of the molecule is COC(=O)C(NC(=O)CNC(=O)OCC1c2ccccc2-c2ccccc21)C(=O)c1ccc(OC)cc1. The van der Waals surface area contributed by atoms with E-state index in [9.17, 15) is 19.2 Å². The fourth-order valence-corrected chi connectivity index (χ4v) is 4.29. The molecular weight excluding hydrogens is 476 g/mol. The molecule has 190 valence electrons. The van der Waals surface area contributed by atoms with Crippen molar-refractivity contribution in [1.82, 2.24) is 10.6 Å². The molecule has 0 aromatic heterocycles. The summed E-state index contributed by atoms with van der Waals surface area (Å²) < 4.78 is 15.1. The fourth-order valence-electron chi connectivity index (χ4n) is 4.29. The molecular formula is C28H26N2O7. The van der Waals surface area contributed by atoms with Gasteiger partial charge in [0.15, 0.2) is 11.8 Å². The minimum absolute atomic E-state index is 0.0855. The predicted molar refractivity (Wildman–Crippen MR) is 134 cm³/mol. The van der Waals surface area contributed by atoms with Crippen molar-refractivity contribution in [2.75, 3.05) is 27.4 Å². The Morgan fingerprint density at radius 1 is 0.838 bits per heavy atom. The van der Waals surface area contributed by atoms with Crippen LogP contribution >= 0.6 is 0 Å². The molecule has 2 amide bonds. The van der Waals surface area contributed by atoms with Crippen LogP contribution in [0.5, 0.6) is 5.75 Å². The highest BCUT2D eigenvalue weighted by atomic mass is 16.5. The third-order valence-electron chi connectivity index (χ3n) is 6.12. The Bertz CT molecular complexity index is 1270. The molecule has 0 heterocycles. The van der Waals surface area contributed by atoms with E-state index < -0.39 is 36.3 Å². The zero-order valence-electron chi connectivity index (χ0n) is 20.4. The summed E-state index contributed by atoms with van der Waals surface area (Å²) in [6.07, 6.45) is -0.798. The average molecular weight is 503 g/mol. The summed E-state index contributed by atoms with van der Waals surface area (Å²) in [6.45, 7) is -0.414. The molecule has 1 aliphatic rings. The molecule has 1 unspecified atom stereocenters. The topological polar surface area (TPSA) is 120 Å². The van der Waals surface area contributed by atoms with E-state index in [0.29, 0.717) is 5.75 Å². The van der Waals surface area contributed by atoms with Gasteiger partial charge in [0.2, 0.25) is 5.91 Å². The molecule has 1 atom stereocenters. The second kappa shape index (κ2) is 11.4. The van der Waals surface area contributed by atoms with Crippen LogP contribution in [0.15, 0.2) is 72.8 Å². The maximum Gasteiger partial charge on any atom is 0.407 e. The van der Waals surface area contributed by atoms with Crippen molar-refractivity contribution in [2.24, 2.45) is 0 Å². The lowest BCUT2D eigenvalue weighted by Crippen LogP contribution is -2.50. The summed E-state index contributed by atoms with van der Waals surface area (Å²) in [5, 5.41) is 4.67. The number of esters is 1. The number of ether oxygens (including phenoxy) is 3. The first kappa shape index (κ1) is 25.4. The van der Waals surface area contributed by atoms with Gasteiger partial charge in [0, 0.05) is 11.5 Å². The van der Waals surface area contributed by atoms with E-state index in [1.165, 1.54) is 19.2 Å². The lowest BCUT2D eigenvalue weighted by molar-refractivity contribution is -0.143. The monoisotopic (exact) mass is 502 g/mol. The van der Waals surface area contributed by atoms with Crippen LogP contribution in [0.2, 0.25) is 0 Å². The minimum atomic E-state index is -1.57.